The van der Waals surface area contributed by atoms with Gasteiger partial charge in [-0.2, -0.15) is 37.5 Å². The molecule has 0 saturated carbocycles. The minimum atomic E-state index is -4.84. The fraction of sp³-hybridized carbons (Fsp3) is 0.474. The van der Waals surface area contributed by atoms with Crippen molar-refractivity contribution in [3.8, 4) is 0 Å². The number of rotatable bonds is 2. The largest absolute Gasteiger partial charge is 4.00 e. The summed E-state index contributed by atoms with van der Waals surface area (Å²) in [6, 6.07) is 1.94. The Morgan fingerprint density at radius 2 is 1.17 bits per heavy atom. The minimum Gasteiger partial charge on any atom is -1.00 e. The van der Waals surface area contributed by atoms with Gasteiger partial charge in [0.05, 0.1) is 19.2 Å². The molecule has 0 amide bonds. The Morgan fingerprint density at radius 3 is 1.43 bits per heavy atom. The molecule has 0 radical (unpaired) electrons. The SMILES string of the molecule is CC1=[C-]C(C)([Si](C)(C)c2cc(C(F)(F)F)cc(C(F)(F)F)c2)C(C)=C1C.[Cl-].[Cl-].[Cl-].[Ti+4]. The first-order valence-electron chi connectivity index (χ1n) is 8.12. The van der Waals surface area contributed by atoms with Crippen LogP contribution in [-0.2, 0) is 34.1 Å². The summed E-state index contributed by atoms with van der Waals surface area (Å²) >= 11 is 0. The van der Waals surface area contributed by atoms with Crippen molar-refractivity contribution < 1.29 is 85.3 Å². The average molecular weight is 546 g/mol. The molecule has 0 saturated heterocycles. The second-order valence-electron chi connectivity index (χ2n) is 7.54. The predicted molar refractivity (Wildman–Crippen MR) is 92.7 cm³/mol. The first kappa shape index (κ1) is 34.7. The average Bonchev–Trinajstić information content (AvgIpc) is 2.69. The molecule has 1 aromatic rings. The zero-order chi connectivity index (χ0) is 20.3. The molecule has 30 heavy (non-hydrogen) atoms. The Morgan fingerprint density at radius 1 is 0.800 bits per heavy atom. The van der Waals surface area contributed by atoms with E-state index >= 15 is 0 Å². The van der Waals surface area contributed by atoms with Crippen molar-refractivity contribution in [1.82, 2.24) is 0 Å². The molecule has 0 fully saturated rings. The standard InChI is InChI=1S/C19H21F6Si.3ClH.Ti/c1-11-10-17(4,13(3)12(11)2)26(5,6)16-8-14(18(20,21)22)7-15(9-16)19(23,24)25;;;;/h7-9H,1-6H3;3*1H;/q-1;;;;+4/p-3. The zero-order valence-electron chi connectivity index (χ0n) is 17.1. The molecule has 1 aromatic carbocycles. The summed E-state index contributed by atoms with van der Waals surface area (Å²) in [7, 11) is -2.83. The van der Waals surface area contributed by atoms with E-state index in [1.807, 2.05) is 27.7 Å². The molecule has 11 heteroatoms. The van der Waals surface area contributed by atoms with Crippen LogP contribution in [0.15, 0.2) is 34.9 Å². The van der Waals surface area contributed by atoms with E-state index < -0.39 is 36.6 Å². The van der Waals surface area contributed by atoms with Gasteiger partial charge in [0, 0.05) is 0 Å². The molecule has 1 aliphatic carbocycles. The minimum absolute atomic E-state index is 0. The van der Waals surface area contributed by atoms with Crippen molar-refractivity contribution >= 4 is 13.3 Å². The Kier molecular flexibility index (Phi) is 12.5. The quantitative estimate of drug-likeness (QED) is 0.219. The molecule has 0 spiro atoms. The molecule has 0 aromatic heterocycles. The van der Waals surface area contributed by atoms with Gasteiger partial charge in [0.15, 0.2) is 0 Å². The van der Waals surface area contributed by atoms with Gasteiger partial charge in [0.2, 0.25) is 0 Å². The van der Waals surface area contributed by atoms with E-state index in [1.165, 1.54) is 0 Å². The molecule has 2 rings (SSSR count). The van der Waals surface area contributed by atoms with E-state index in [-0.39, 0.29) is 70.2 Å². The van der Waals surface area contributed by atoms with Crippen LogP contribution < -0.4 is 42.4 Å². The van der Waals surface area contributed by atoms with Crippen LogP contribution in [0, 0.1) is 6.08 Å². The third-order valence-corrected chi connectivity index (χ3v) is 10.6. The fourth-order valence-electron chi connectivity index (χ4n) is 3.45. The second kappa shape index (κ2) is 10.8. The van der Waals surface area contributed by atoms with Gasteiger partial charge in [-0.25, -0.2) is 5.57 Å². The Hall–Kier alpha value is 0.0812. The summed E-state index contributed by atoms with van der Waals surface area (Å²) < 4.78 is 79.3. The summed E-state index contributed by atoms with van der Waals surface area (Å²) in [5.74, 6) is 0. The van der Waals surface area contributed by atoms with E-state index in [9.17, 15) is 26.3 Å². The van der Waals surface area contributed by atoms with Crippen LogP contribution in [0.25, 0.3) is 0 Å². The van der Waals surface area contributed by atoms with Gasteiger partial charge in [-0.3, -0.25) is 6.08 Å². The number of halogens is 9. The summed E-state index contributed by atoms with van der Waals surface area (Å²) in [4.78, 5) is 0. The van der Waals surface area contributed by atoms with Crippen LogP contribution in [-0.4, -0.2) is 8.07 Å². The van der Waals surface area contributed by atoms with Crippen molar-refractivity contribution in [3.05, 3.63) is 52.1 Å². The smallest absolute Gasteiger partial charge is 1.00 e. The van der Waals surface area contributed by atoms with Crippen LogP contribution in [0.4, 0.5) is 26.3 Å². The molecule has 0 bridgehead atoms. The Balaban J connectivity index is -0.00000182. The van der Waals surface area contributed by atoms with E-state index in [0.717, 1.165) is 28.9 Å². The number of benzene rings is 1. The van der Waals surface area contributed by atoms with Crippen molar-refractivity contribution in [2.45, 2.75) is 58.2 Å². The molecule has 0 aliphatic heterocycles. The molecule has 0 heterocycles. The van der Waals surface area contributed by atoms with Crippen LogP contribution in [0.3, 0.4) is 0 Å². The molecule has 1 unspecified atom stereocenters. The van der Waals surface area contributed by atoms with Crippen molar-refractivity contribution in [2.24, 2.45) is 0 Å². The van der Waals surface area contributed by atoms with Crippen LogP contribution in [0.5, 0.6) is 0 Å². The maximum Gasteiger partial charge on any atom is 4.00 e. The predicted octanol–water partition coefficient (Wildman–Crippen LogP) is -2.49. The third kappa shape index (κ3) is 6.10. The van der Waals surface area contributed by atoms with E-state index in [0.29, 0.717) is 0 Å². The van der Waals surface area contributed by atoms with Crippen molar-refractivity contribution in [3.63, 3.8) is 0 Å². The maximum absolute atomic E-state index is 13.2. The number of allylic oxidation sites excluding steroid dienone is 4. The van der Waals surface area contributed by atoms with Crippen LogP contribution in [0.1, 0.15) is 38.8 Å². The molecular formula is C19H21Cl3F6SiTi. The zero-order valence-corrected chi connectivity index (χ0v) is 22.0. The number of hydrogen-bond acceptors (Lipinski definition) is 0. The maximum atomic E-state index is 13.2. The van der Waals surface area contributed by atoms with Gasteiger partial charge in [-0.05, 0) is 6.07 Å². The van der Waals surface area contributed by atoms with Gasteiger partial charge < -0.3 is 37.2 Å². The molecule has 1 aliphatic rings. The number of alkyl halides is 6. The van der Waals surface area contributed by atoms with Crippen molar-refractivity contribution in [2.75, 3.05) is 0 Å². The normalized spacial score (nSPS) is 19.1. The summed E-state index contributed by atoms with van der Waals surface area (Å²) in [5.41, 5.74) is 0.328. The van der Waals surface area contributed by atoms with Crippen LogP contribution in [0.2, 0.25) is 18.1 Å². The first-order chi connectivity index (χ1) is 11.5. The van der Waals surface area contributed by atoms with E-state index in [4.69, 9.17) is 0 Å². The Bertz CT molecular complexity index is 783. The Labute approximate surface area is 208 Å². The van der Waals surface area contributed by atoms with Crippen molar-refractivity contribution in [1.29, 1.82) is 0 Å². The van der Waals surface area contributed by atoms with Gasteiger partial charge in [0.25, 0.3) is 0 Å². The molecular weight excluding hydrogens is 525 g/mol. The molecule has 1 atom stereocenters. The fourth-order valence-corrected chi connectivity index (χ4v) is 6.68. The molecule has 168 valence electrons. The van der Waals surface area contributed by atoms with Gasteiger partial charge in [0.1, 0.15) is 0 Å². The summed E-state index contributed by atoms with van der Waals surface area (Å²) in [5, 5.41) is -0.551. The van der Waals surface area contributed by atoms with Gasteiger partial charge in [-0.15, -0.1) is 6.92 Å². The van der Waals surface area contributed by atoms with Gasteiger partial charge >= 0.3 is 34.1 Å². The first-order valence-corrected chi connectivity index (χ1v) is 11.1. The van der Waals surface area contributed by atoms with E-state index in [1.54, 1.807) is 13.1 Å². The summed E-state index contributed by atoms with van der Waals surface area (Å²) in [6.45, 7) is 11.1. The molecule has 0 nitrogen and oxygen atoms in total. The second-order valence-corrected chi connectivity index (χ2v) is 12.4. The monoisotopic (exact) mass is 544 g/mol. The topological polar surface area (TPSA) is 0 Å². The number of hydrogen-bond donors (Lipinski definition) is 0. The van der Waals surface area contributed by atoms with Crippen LogP contribution >= 0.6 is 0 Å². The third-order valence-electron chi connectivity index (χ3n) is 5.87. The summed E-state index contributed by atoms with van der Waals surface area (Å²) in [6.07, 6.45) is -6.35. The molecule has 0 N–H and O–H groups in total. The van der Waals surface area contributed by atoms with Gasteiger partial charge in [-0.1, -0.05) is 56.2 Å². The van der Waals surface area contributed by atoms with E-state index in [2.05, 4.69) is 6.08 Å².